The molecule has 3 heteroatoms. The highest BCUT2D eigenvalue weighted by molar-refractivity contribution is 5.74. The van der Waals surface area contributed by atoms with Crippen molar-refractivity contribution in [1.82, 2.24) is 10.2 Å². The van der Waals surface area contributed by atoms with E-state index < -0.39 is 0 Å². The third-order valence-corrected chi connectivity index (χ3v) is 2.70. The molecule has 1 N–H and O–H groups in total. The van der Waals surface area contributed by atoms with Crippen molar-refractivity contribution in [3.63, 3.8) is 0 Å². The van der Waals surface area contributed by atoms with Crippen LogP contribution in [0.2, 0.25) is 0 Å². The van der Waals surface area contributed by atoms with E-state index in [9.17, 15) is 4.79 Å². The molecular formula is C11H22N2O. The topological polar surface area (TPSA) is 32.3 Å². The number of nitrogens with zero attached hydrogens (tertiary/aromatic N) is 1. The summed E-state index contributed by atoms with van der Waals surface area (Å²) >= 11 is 0. The molecule has 0 aromatic heterocycles. The number of rotatable bonds is 5. The summed E-state index contributed by atoms with van der Waals surface area (Å²) in [5.41, 5.74) is 0. The van der Waals surface area contributed by atoms with Crippen LogP contribution in [0.1, 0.15) is 45.4 Å². The van der Waals surface area contributed by atoms with E-state index in [1.807, 2.05) is 4.90 Å². The van der Waals surface area contributed by atoms with E-state index in [1.54, 1.807) is 0 Å². The van der Waals surface area contributed by atoms with Gasteiger partial charge in [-0.2, -0.15) is 0 Å². The smallest absolute Gasteiger partial charge is 0.317 e. The van der Waals surface area contributed by atoms with Gasteiger partial charge in [-0.1, -0.05) is 26.2 Å². The van der Waals surface area contributed by atoms with Gasteiger partial charge in [0.25, 0.3) is 0 Å². The van der Waals surface area contributed by atoms with Gasteiger partial charge in [0, 0.05) is 19.6 Å². The average molecular weight is 198 g/mol. The minimum absolute atomic E-state index is 0.138. The Labute approximate surface area is 86.9 Å². The molecule has 0 aliphatic carbocycles. The summed E-state index contributed by atoms with van der Waals surface area (Å²) in [6, 6.07) is 0.138. The lowest BCUT2D eigenvalue weighted by molar-refractivity contribution is 0.208. The van der Waals surface area contributed by atoms with Crippen LogP contribution >= 0.6 is 0 Å². The van der Waals surface area contributed by atoms with E-state index in [1.165, 1.54) is 32.1 Å². The van der Waals surface area contributed by atoms with Gasteiger partial charge in [-0.25, -0.2) is 4.79 Å². The summed E-state index contributed by atoms with van der Waals surface area (Å²) in [7, 11) is 0. The molecule has 0 atom stereocenters. The SMILES string of the molecule is CCCCCCNC(=O)N1CCCC1. The molecule has 0 radical (unpaired) electrons. The Morgan fingerprint density at radius 1 is 1.21 bits per heavy atom. The molecule has 14 heavy (non-hydrogen) atoms. The summed E-state index contributed by atoms with van der Waals surface area (Å²) in [5, 5.41) is 2.97. The molecule has 0 spiro atoms. The van der Waals surface area contributed by atoms with Gasteiger partial charge in [-0.05, 0) is 19.3 Å². The summed E-state index contributed by atoms with van der Waals surface area (Å²) in [6.07, 6.45) is 7.22. The standard InChI is InChI=1S/C11H22N2O/c1-2-3-4-5-8-12-11(14)13-9-6-7-10-13/h2-10H2,1H3,(H,12,14). The van der Waals surface area contributed by atoms with Gasteiger partial charge in [0.05, 0.1) is 0 Å². The Kier molecular flexibility index (Phi) is 5.42. The normalized spacial score (nSPS) is 15.9. The molecule has 2 amide bonds. The van der Waals surface area contributed by atoms with Crippen LogP contribution in [-0.4, -0.2) is 30.6 Å². The Balaban J connectivity index is 1.97. The molecule has 3 nitrogen and oxygen atoms in total. The van der Waals surface area contributed by atoms with Crippen molar-refractivity contribution in [3.8, 4) is 0 Å². The van der Waals surface area contributed by atoms with Crippen molar-refractivity contribution in [2.75, 3.05) is 19.6 Å². The van der Waals surface area contributed by atoms with E-state index in [2.05, 4.69) is 12.2 Å². The summed E-state index contributed by atoms with van der Waals surface area (Å²) in [4.78, 5) is 13.4. The van der Waals surface area contributed by atoms with Crippen LogP contribution in [0.5, 0.6) is 0 Å². The van der Waals surface area contributed by atoms with Crippen molar-refractivity contribution < 1.29 is 4.79 Å². The van der Waals surface area contributed by atoms with Crippen LogP contribution in [0, 0.1) is 0 Å². The average Bonchev–Trinajstić information content (AvgIpc) is 2.70. The first-order valence-electron chi connectivity index (χ1n) is 5.87. The lowest BCUT2D eigenvalue weighted by Crippen LogP contribution is -2.38. The van der Waals surface area contributed by atoms with Crippen molar-refractivity contribution in [1.29, 1.82) is 0 Å². The number of unbranched alkanes of at least 4 members (excludes halogenated alkanes) is 3. The second-order valence-electron chi connectivity index (χ2n) is 3.99. The van der Waals surface area contributed by atoms with Gasteiger partial charge in [0.15, 0.2) is 0 Å². The maximum absolute atomic E-state index is 11.5. The summed E-state index contributed by atoms with van der Waals surface area (Å²) in [6.45, 7) is 4.93. The Morgan fingerprint density at radius 3 is 2.57 bits per heavy atom. The lowest BCUT2D eigenvalue weighted by atomic mass is 10.2. The highest BCUT2D eigenvalue weighted by atomic mass is 16.2. The molecule has 1 rings (SSSR count). The van der Waals surface area contributed by atoms with Crippen molar-refractivity contribution in [3.05, 3.63) is 0 Å². The highest BCUT2D eigenvalue weighted by Crippen LogP contribution is 2.06. The molecule has 0 saturated carbocycles. The second kappa shape index (κ2) is 6.68. The van der Waals surface area contributed by atoms with Crippen molar-refractivity contribution >= 4 is 6.03 Å². The number of urea groups is 1. The first-order chi connectivity index (χ1) is 6.84. The quantitative estimate of drug-likeness (QED) is 0.676. The molecule has 0 aromatic carbocycles. The monoisotopic (exact) mass is 198 g/mol. The van der Waals surface area contributed by atoms with Crippen LogP contribution in [0.4, 0.5) is 4.79 Å². The van der Waals surface area contributed by atoms with Crippen LogP contribution in [-0.2, 0) is 0 Å². The van der Waals surface area contributed by atoms with Crippen molar-refractivity contribution in [2.45, 2.75) is 45.4 Å². The maximum atomic E-state index is 11.5. The van der Waals surface area contributed by atoms with Crippen LogP contribution in [0.3, 0.4) is 0 Å². The number of likely N-dealkylation sites (tertiary alicyclic amines) is 1. The van der Waals surface area contributed by atoms with Crippen LogP contribution < -0.4 is 5.32 Å². The van der Waals surface area contributed by atoms with Gasteiger partial charge < -0.3 is 10.2 Å². The predicted octanol–water partition coefficient (Wildman–Crippen LogP) is 2.37. The van der Waals surface area contributed by atoms with Crippen LogP contribution in [0.25, 0.3) is 0 Å². The van der Waals surface area contributed by atoms with E-state index >= 15 is 0 Å². The molecule has 1 aliphatic heterocycles. The number of hydrogen-bond donors (Lipinski definition) is 1. The Hall–Kier alpha value is -0.730. The van der Waals surface area contributed by atoms with Crippen molar-refractivity contribution in [2.24, 2.45) is 0 Å². The number of carbonyl (C=O) groups excluding carboxylic acids is 1. The summed E-state index contributed by atoms with van der Waals surface area (Å²) < 4.78 is 0. The zero-order chi connectivity index (χ0) is 10.2. The molecule has 1 aliphatic rings. The maximum Gasteiger partial charge on any atom is 0.317 e. The minimum Gasteiger partial charge on any atom is -0.338 e. The Bertz CT molecular complexity index is 165. The molecular weight excluding hydrogens is 176 g/mol. The predicted molar refractivity (Wildman–Crippen MR) is 58.3 cm³/mol. The molecule has 1 saturated heterocycles. The fourth-order valence-electron chi connectivity index (χ4n) is 1.78. The zero-order valence-electron chi connectivity index (χ0n) is 9.22. The highest BCUT2D eigenvalue weighted by Gasteiger charge is 2.16. The van der Waals surface area contributed by atoms with E-state index in [-0.39, 0.29) is 6.03 Å². The third kappa shape index (κ3) is 3.99. The number of nitrogens with one attached hydrogen (secondary N) is 1. The van der Waals surface area contributed by atoms with Gasteiger partial charge in [-0.3, -0.25) is 0 Å². The minimum atomic E-state index is 0.138. The third-order valence-electron chi connectivity index (χ3n) is 2.70. The number of amides is 2. The van der Waals surface area contributed by atoms with Crippen LogP contribution in [0.15, 0.2) is 0 Å². The van der Waals surface area contributed by atoms with E-state index in [4.69, 9.17) is 0 Å². The van der Waals surface area contributed by atoms with E-state index in [0.29, 0.717) is 0 Å². The molecule has 0 bridgehead atoms. The molecule has 0 aromatic rings. The van der Waals surface area contributed by atoms with Gasteiger partial charge in [0.2, 0.25) is 0 Å². The Morgan fingerprint density at radius 2 is 1.93 bits per heavy atom. The largest absolute Gasteiger partial charge is 0.338 e. The first-order valence-corrected chi connectivity index (χ1v) is 5.87. The molecule has 82 valence electrons. The lowest BCUT2D eigenvalue weighted by Gasteiger charge is -2.15. The molecule has 1 fully saturated rings. The molecule has 1 heterocycles. The van der Waals surface area contributed by atoms with E-state index in [0.717, 1.165) is 26.1 Å². The fraction of sp³-hybridized carbons (Fsp3) is 0.909. The van der Waals surface area contributed by atoms with Gasteiger partial charge >= 0.3 is 6.03 Å². The molecule has 0 unspecified atom stereocenters. The zero-order valence-corrected chi connectivity index (χ0v) is 9.22. The van der Waals surface area contributed by atoms with Gasteiger partial charge in [-0.15, -0.1) is 0 Å². The number of hydrogen-bond acceptors (Lipinski definition) is 1. The first kappa shape index (κ1) is 11.3. The number of carbonyl (C=O) groups is 1. The second-order valence-corrected chi connectivity index (χ2v) is 3.99. The van der Waals surface area contributed by atoms with Gasteiger partial charge in [0.1, 0.15) is 0 Å². The fourth-order valence-corrected chi connectivity index (χ4v) is 1.78. The summed E-state index contributed by atoms with van der Waals surface area (Å²) in [5.74, 6) is 0.